The van der Waals surface area contributed by atoms with E-state index in [1.807, 2.05) is 6.92 Å². The number of aliphatic carboxylic acids is 1. The largest absolute Gasteiger partial charge is 0.480 e. The molecule has 182 valence electrons. The van der Waals surface area contributed by atoms with Crippen molar-refractivity contribution in [2.45, 2.75) is 57.5 Å². The van der Waals surface area contributed by atoms with Gasteiger partial charge in [0.2, 0.25) is 11.7 Å². The van der Waals surface area contributed by atoms with Gasteiger partial charge in [0.1, 0.15) is 12.1 Å². The van der Waals surface area contributed by atoms with Gasteiger partial charge in [0.25, 0.3) is 5.91 Å². The number of amides is 3. The number of nitrogens with zero attached hydrogens (tertiary/aromatic N) is 1. The summed E-state index contributed by atoms with van der Waals surface area (Å²) in [6.45, 7) is 2.17. The second-order valence-electron chi connectivity index (χ2n) is 6.92. The number of carbonyl (C=O) groups excluding carboxylic acids is 4. The van der Waals surface area contributed by atoms with Crippen LogP contribution in [0.2, 0.25) is 0 Å². The number of Topliss-reactive ketones (excluding diaryl/α,β-unsaturated/α-hetero) is 1. The van der Waals surface area contributed by atoms with E-state index in [1.54, 1.807) is 0 Å². The maximum atomic E-state index is 12.3. The number of likely N-dealkylation sites (N-methyl/N-ethyl adjacent to an activating group) is 1. The van der Waals surface area contributed by atoms with Crippen molar-refractivity contribution in [1.29, 1.82) is 0 Å². The Morgan fingerprint density at radius 3 is 2.31 bits per heavy atom. The molecule has 0 aliphatic rings. The van der Waals surface area contributed by atoms with Crippen LogP contribution >= 0.6 is 11.8 Å². The molecule has 0 aromatic rings. The number of ether oxygens (including phenoxy) is 1. The number of imide groups is 1. The van der Waals surface area contributed by atoms with Gasteiger partial charge in [-0.15, -0.1) is 0 Å². The quantitative estimate of drug-likeness (QED) is 0.135. The van der Waals surface area contributed by atoms with Crippen molar-refractivity contribution in [3.63, 3.8) is 0 Å². The van der Waals surface area contributed by atoms with Crippen LogP contribution in [0.4, 0.5) is 4.79 Å². The molecule has 0 aromatic carbocycles. The van der Waals surface area contributed by atoms with Crippen LogP contribution < -0.4 is 11.1 Å². The summed E-state index contributed by atoms with van der Waals surface area (Å²) < 4.78 is 4.88. The summed E-state index contributed by atoms with van der Waals surface area (Å²) >= 11 is 0.850. The molecule has 0 spiro atoms. The Labute approximate surface area is 190 Å². The van der Waals surface area contributed by atoms with E-state index in [2.05, 4.69) is 5.32 Å². The number of hydrogen-bond acceptors (Lipinski definition) is 9. The Kier molecular flexibility index (Phi) is 14.7. The van der Waals surface area contributed by atoms with Gasteiger partial charge in [0.05, 0.1) is 12.4 Å². The lowest BCUT2D eigenvalue weighted by Crippen LogP contribution is -2.50. The Hall–Kier alpha value is -2.67. The summed E-state index contributed by atoms with van der Waals surface area (Å²) in [6, 6.07) is -2.58. The first-order chi connectivity index (χ1) is 15.0. The number of carbonyl (C=O) groups is 6. The lowest BCUT2D eigenvalue weighted by Gasteiger charge is -2.21. The van der Waals surface area contributed by atoms with Gasteiger partial charge >= 0.3 is 18.0 Å². The molecule has 0 saturated carbocycles. The SMILES string of the molecule is CCCCCCOC(=O)C(=O)CSCC(NC(=O)CCC(N)C(=O)O)C(=O)N(C)C(=O)O. The highest BCUT2D eigenvalue weighted by Gasteiger charge is 2.28. The molecule has 2 unspecified atom stereocenters. The summed E-state index contributed by atoms with van der Waals surface area (Å²) in [5.74, 6) is -5.28. The number of carboxylic acid groups (broad SMARTS) is 2. The number of ketones is 1. The molecule has 0 aliphatic carbocycles. The van der Waals surface area contributed by atoms with E-state index in [0.717, 1.165) is 38.1 Å². The number of unbranched alkanes of at least 4 members (excludes halogenated alkanes) is 3. The average Bonchev–Trinajstić information content (AvgIpc) is 2.74. The molecule has 0 fully saturated rings. The van der Waals surface area contributed by atoms with Crippen LogP contribution in [0.15, 0.2) is 0 Å². The Bertz CT molecular complexity index is 687. The zero-order valence-electron chi connectivity index (χ0n) is 18.2. The van der Waals surface area contributed by atoms with Gasteiger partial charge in [-0.25, -0.2) is 14.5 Å². The van der Waals surface area contributed by atoms with Gasteiger partial charge in [-0.2, -0.15) is 11.8 Å². The number of nitrogens with two attached hydrogens (primary N) is 1. The number of thioether (sulfide) groups is 1. The fourth-order valence-electron chi connectivity index (χ4n) is 2.28. The molecular weight excluding hydrogens is 446 g/mol. The first kappa shape index (κ1) is 29.3. The third-order valence-electron chi connectivity index (χ3n) is 4.23. The van der Waals surface area contributed by atoms with Crippen LogP contribution in [0.1, 0.15) is 45.4 Å². The smallest absolute Gasteiger partial charge is 0.413 e. The number of esters is 1. The van der Waals surface area contributed by atoms with Crippen molar-refractivity contribution in [2.24, 2.45) is 5.73 Å². The molecule has 0 heterocycles. The predicted octanol–water partition coefficient (Wildman–Crippen LogP) is 0.226. The van der Waals surface area contributed by atoms with E-state index in [4.69, 9.17) is 20.7 Å². The second kappa shape index (κ2) is 16.0. The highest BCUT2D eigenvalue weighted by Crippen LogP contribution is 2.08. The van der Waals surface area contributed by atoms with E-state index < -0.39 is 47.7 Å². The molecule has 0 aromatic heterocycles. The second-order valence-corrected chi connectivity index (χ2v) is 7.95. The first-order valence-electron chi connectivity index (χ1n) is 10.1. The molecule has 0 rings (SSSR count). The highest BCUT2D eigenvalue weighted by molar-refractivity contribution is 8.00. The van der Waals surface area contributed by atoms with Crippen LogP contribution in [0.3, 0.4) is 0 Å². The minimum atomic E-state index is -1.55. The van der Waals surface area contributed by atoms with Crippen molar-refractivity contribution in [2.75, 3.05) is 25.2 Å². The van der Waals surface area contributed by atoms with Crippen LogP contribution in [-0.2, 0) is 28.7 Å². The topological polar surface area (TPSA) is 193 Å². The summed E-state index contributed by atoms with van der Waals surface area (Å²) in [7, 11) is 0.996. The Balaban J connectivity index is 4.73. The van der Waals surface area contributed by atoms with Crippen molar-refractivity contribution < 1.29 is 43.7 Å². The van der Waals surface area contributed by atoms with Gasteiger partial charge in [0.15, 0.2) is 0 Å². The van der Waals surface area contributed by atoms with Crippen LogP contribution in [0, 0.1) is 0 Å². The van der Waals surface area contributed by atoms with Gasteiger partial charge in [-0.1, -0.05) is 26.2 Å². The molecule has 2 atom stereocenters. The van der Waals surface area contributed by atoms with E-state index in [0.29, 0.717) is 11.3 Å². The van der Waals surface area contributed by atoms with Crippen molar-refractivity contribution >= 4 is 47.4 Å². The molecule has 0 saturated heterocycles. The fraction of sp³-hybridized carbons (Fsp3) is 0.684. The lowest BCUT2D eigenvalue weighted by molar-refractivity contribution is -0.152. The maximum Gasteiger partial charge on any atom is 0.413 e. The molecule has 0 bridgehead atoms. The number of nitrogens with one attached hydrogen (secondary N) is 1. The number of rotatable bonds is 16. The molecule has 0 radical (unpaired) electrons. The Morgan fingerprint density at radius 1 is 1.09 bits per heavy atom. The number of hydrogen-bond donors (Lipinski definition) is 4. The normalized spacial score (nSPS) is 12.3. The fourth-order valence-corrected chi connectivity index (χ4v) is 3.16. The van der Waals surface area contributed by atoms with Crippen LogP contribution in [0.5, 0.6) is 0 Å². The van der Waals surface area contributed by atoms with Crippen molar-refractivity contribution in [3.8, 4) is 0 Å². The Morgan fingerprint density at radius 2 is 1.75 bits per heavy atom. The monoisotopic (exact) mass is 477 g/mol. The lowest BCUT2D eigenvalue weighted by atomic mass is 10.1. The van der Waals surface area contributed by atoms with Crippen LogP contribution in [0.25, 0.3) is 0 Å². The van der Waals surface area contributed by atoms with E-state index in [9.17, 15) is 28.8 Å². The molecule has 12 nitrogen and oxygen atoms in total. The first-order valence-corrected chi connectivity index (χ1v) is 11.2. The van der Waals surface area contributed by atoms with Gasteiger partial charge in [-0.3, -0.25) is 19.2 Å². The average molecular weight is 478 g/mol. The van der Waals surface area contributed by atoms with Crippen molar-refractivity contribution in [3.05, 3.63) is 0 Å². The summed E-state index contributed by atoms with van der Waals surface area (Å²) in [6.07, 6.45) is 1.50. The highest BCUT2D eigenvalue weighted by atomic mass is 32.2. The van der Waals surface area contributed by atoms with E-state index >= 15 is 0 Å². The molecule has 5 N–H and O–H groups in total. The zero-order chi connectivity index (χ0) is 24.7. The molecular formula is C19H31N3O9S. The summed E-state index contributed by atoms with van der Waals surface area (Å²) in [5.41, 5.74) is 5.33. The standard InChI is InChI=1S/C19H31N3O9S/c1-3-4-5-6-9-31-18(28)14(23)11-32-10-13(16(25)22(2)19(29)30)21-15(24)8-7-12(20)17(26)27/h12-13H,3-11,20H2,1-2H3,(H,21,24)(H,26,27)(H,29,30). The van der Waals surface area contributed by atoms with Crippen LogP contribution in [-0.4, -0.2) is 88.0 Å². The molecule has 32 heavy (non-hydrogen) atoms. The van der Waals surface area contributed by atoms with Gasteiger partial charge in [0, 0.05) is 19.2 Å². The molecule has 0 aliphatic heterocycles. The van der Waals surface area contributed by atoms with E-state index in [-0.39, 0.29) is 31.0 Å². The minimum Gasteiger partial charge on any atom is -0.480 e. The van der Waals surface area contributed by atoms with Gasteiger partial charge < -0.3 is 26.0 Å². The van der Waals surface area contributed by atoms with Gasteiger partial charge in [-0.05, 0) is 12.8 Å². The van der Waals surface area contributed by atoms with E-state index in [1.165, 1.54) is 0 Å². The maximum absolute atomic E-state index is 12.3. The summed E-state index contributed by atoms with van der Waals surface area (Å²) in [4.78, 5) is 70.1. The summed E-state index contributed by atoms with van der Waals surface area (Å²) in [5, 5.41) is 20.0. The predicted molar refractivity (Wildman–Crippen MR) is 115 cm³/mol. The molecule has 3 amide bonds. The van der Waals surface area contributed by atoms with Crippen molar-refractivity contribution in [1.82, 2.24) is 10.2 Å². The third-order valence-corrected chi connectivity index (χ3v) is 5.26. The third kappa shape index (κ3) is 12.2. The zero-order valence-corrected chi connectivity index (χ0v) is 19.0. The molecule has 13 heteroatoms. The number of carboxylic acids is 1. The minimum absolute atomic E-state index is 0.133.